The third-order valence-electron chi connectivity index (χ3n) is 7.83. The van der Waals surface area contributed by atoms with Crippen LogP contribution in [0.1, 0.15) is 34.3 Å². The molecule has 7 rings (SSSR count). The second-order valence-electron chi connectivity index (χ2n) is 9.83. The van der Waals surface area contributed by atoms with Crippen LogP contribution in [0.15, 0.2) is 78.6 Å². The van der Waals surface area contributed by atoms with Crippen molar-refractivity contribution in [2.75, 3.05) is 26.2 Å². The second-order valence-corrected chi connectivity index (χ2v) is 9.83. The first-order chi connectivity index (χ1) is 17.8. The van der Waals surface area contributed by atoms with Gasteiger partial charge in [0.15, 0.2) is 5.78 Å². The van der Waals surface area contributed by atoms with E-state index in [9.17, 15) is 4.79 Å². The molecule has 178 valence electrons. The molecule has 4 nitrogen and oxygen atoms in total. The monoisotopic (exact) mass is 472 g/mol. The number of para-hydroxylation sites is 1. The molecule has 1 fully saturated rings. The van der Waals surface area contributed by atoms with E-state index in [1.54, 1.807) is 0 Å². The molecule has 2 aliphatic heterocycles. The van der Waals surface area contributed by atoms with Crippen molar-refractivity contribution in [1.82, 2.24) is 10.2 Å². The summed E-state index contributed by atoms with van der Waals surface area (Å²) in [4.78, 5) is 15.7. The van der Waals surface area contributed by atoms with Gasteiger partial charge in [-0.2, -0.15) is 0 Å². The van der Waals surface area contributed by atoms with Crippen LogP contribution in [0.3, 0.4) is 0 Å². The minimum atomic E-state index is 0.241. The summed E-state index contributed by atoms with van der Waals surface area (Å²) in [5, 5.41) is 8.11. The van der Waals surface area contributed by atoms with Crippen LogP contribution in [0.2, 0.25) is 0 Å². The average molecular weight is 473 g/mol. The number of ketones is 1. The molecular formula is C32H28N2O2. The van der Waals surface area contributed by atoms with E-state index < -0.39 is 0 Å². The van der Waals surface area contributed by atoms with Crippen molar-refractivity contribution in [2.24, 2.45) is 0 Å². The van der Waals surface area contributed by atoms with Crippen LogP contribution in [0.4, 0.5) is 0 Å². The van der Waals surface area contributed by atoms with E-state index in [4.69, 9.17) is 4.74 Å². The van der Waals surface area contributed by atoms with E-state index in [0.717, 1.165) is 71.6 Å². The third kappa shape index (κ3) is 3.44. The Morgan fingerprint density at radius 1 is 0.806 bits per heavy atom. The number of rotatable bonds is 2. The van der Waals surface area contributed by atoms with Crippen molar-refractivity contribution >= 4 is 23.1 Å². The maximum Gasteiger partial charge on any atom is 0.164 e. The lowest BCUT2D eigenvalue weighted by Crippen LogP contribution is -2.42. The van der Waals surface area contributed by atoms with E-state index in [-0.39, 0.29) is 5.78 Å². The number of piperazine rings is 1. The van der Waals surface area contributed by atoms with Crippen LogP contribution in [0.25, 0.3) is 17.3 Å². The number of allylic oxidation sites excluding steroid dienone is 3. The molecule has 2 heterocycles. The third-order valence-corrected chi connectivity index (χ3v) is 7.83. The molecule has 4 aliphatic rings. The van der Waals surface area contributed by atoms with Gasteiger partial charge in [-0.25, -0.2) is 0 Å². The van der Waals surface area contributed by atoms with Gasteiger partial charge in [-0.3, -0.25) is 4.79 Å². The highest BCUT2D eigenvalue weighted by Gasteiger charge is 2.26. The Morgan fingerprint density at radius 2 is 1.61 bits per heavy atom. The van der Waals surface area contributed by atoms with Gasteiger partial charge in [0.25, 0.3) is 0 Å². The summed E-state index contributed by atoms with van der Waals surface area (Å²) in [5.74, 6) is 1.96. The van der Waals surface area contributed by atoms with Gasteiger partial charge in [0.05, 0.1) is 0 Å². The zero-order chi connectivity index (χ0) is 24.1. The van der Waals surface area contributed by atoms with Crippen LogP contribution in [-0.4, -0.2) is 36.9 Å². The molecule has 0 unspecified atom stereocenters. The molecule has 0 bridgehead atoms. The van der Waals surface area contributed by atoms with Gasteiger partial charge < -0.3 is 15.0 Å². The van der Waals surface area contributed by atoms with Gasteiger partial charge in [-0.05, 0) is 63.6 Å². The van der Waals surface area contributed by atoms with Gasteiger partial charge >= 0.3 is 0 Å². The van der Waals surface area contributed by atoms with E-state index in [1.165, 1.54) is 21.4 Å². The van der Waals surface area contributed by atoms with Gasteiger partial charge in [0.2, 0.25) is 0 Å². The molecule has 36 heavy (non-hydrogen) atoms. The second kappa shape index (κ2) is 8.65. The smallest absolute Gasteiger partial charge is 0.164 e. The van der Waals surface area contributed by atoms with Crippen molar-refractivity contribution in [3.63, 3.8) is 0 Å². The van der Waals surface area contributed by atoms with Crippen LogP contribution >= 0.6 is 0 Å². The van der Waals surface area contributed by atoms with Crippen molar-refractivity contribution in [3.8, 4) is 5.75 Å². The quantitative estimate of drug-likeness (QED) is 0.618. The van der Waals surface area contributed by atoms with Crippen molar-refractivity contribution in [2.45, 2.75) is 19.3 Å². The Hall–Kier alpha value is -3.89. The lowest BCUT2D eigenvalue weighted by atomic mass is 9.84. The molecule has 2 aliphatic carbocycles. The molecule has 0 aromatic heterocycles. The first kappa shape index (κ1) is 21.4. The Bertz CT molecular complexity index is 1690. The molecule has 0 atom stereocenters. The van der Waals surface area contributed by atoms with Crippen molar-refractivity contribution < 1.29 is 9.53 Å². The van der Waals surface area contributed by atoms with Crippen LogP contribution < -0.4 is 20.5 Å². The Balaban J connectivity index is 1.44. The summed E-state index contributed by atoms with van der Waals surface area (Å²) in [5.41, 5.74) is 5.48. The normalized spacial score (nSPS) is 18.4. The van der Waals surface area contributed by atoms with E-state index >= 15 is 0 Å². The van der Waals surface area contributed by atoms with E-state index in [0.29, 0.717) is 12.8 Å². The highest BCUT2D eigenvalue weighted by Crippen LogP contribution is 2.36. The number of carbonyl (C=O) groups excluding carboxylic acids is 1. The molecule has 3 aromatic rings. The summed E-state index contributed by atoms with van der Waals surface area (Å²) in [6.45, 7) is 3.91. The Kier molecular flexibility index (Phi) is 5.14. The number of hydrogen-bond acceptors (Lipinski definition) is 4. The van der Waals surface area contributed by atoms with Crippen molar-refractivity contribution in [3.05, 3.63) is 116 Å². The van der Waals surface area contributed by atoms with Gasteiger partial charge in [0.1, 0.15) is 11.5 Å². The number of hydrogen-bond donors (Lipinski definition) is 1. The number of nitrogens with one attached hydrogen (secondary N) is 1. The molecule has 1 N–H and O–H groups in total. The van der Waals surface area contributed by atoms with Crippen LogP contribution in [0.5, 0.6) is 5.75 Å². The number of benzene rings is 3. The summed E-state index contributed by atoms with van der Waals surface area (Å²) in [6.07, 6.45) is 8.56. The zero-order valence-electron chi connectivity index (χ0n) is 20.2. The fraction of sp³-hybridized carbons (Fsp3) is 0.219. The number of nitrogens with zero attached hydrogens (tertiary/aromatic N) is 1. The first-order valence-electron chi connectivity index (χ1n) is 12.9. The molecule has 0 radical (unpaired) electrons. The minimum absolute atomic E-state index is 0.241. The van der Waals surface area contributed by atoms with Gasteiger partial charge in [-0.1, -0.05) is 54.6 Å². The number of carbonyl (C=O) groups is 1. The van der Waals surface area contributed by atoms with Gasteiger partial charge in [-0.15, -0.1) is 0 Å². The maximum absolute atomic E-state index is 13.3. The summed E-state index contributed by atoms with van der Waals surface area (Å²) in [6, 6.07) is 21.1. The fourth-order valence-corrected chi connectivity index (χ4v) is 6.08. The van der Waals surface area contributed by atoms with Crippen LogP contribution in [-0.2, 0) is 6.42 Å². The zero-order valence-corrected chi connectivity index (χ0v) is 20.2. The molecule has 0 amide bonds. The Labute approximate surface area is 210 Å². The topological polar surface area (TPSA) is 41.6 Å². The molecular weight excluding hydrogens is 444 g/mol. The number of fused-ring (bicyclic) bond motifs is 5. The summed E-state index contributed by atoms with van der Waals surface area (Å²) < 4.78 is 6.62. The average Bonchev–Trinajstić information content (AvgIpc) is 3.13. The van der Waals surface area contributed by atoms with E-state index in [2.05, 4.69) is 83.0 Å². The fourth-order valence-electron chi connectivity index (χ4n) is 6.08. The number of Topliss-reactive ketones (excluding diaryl/α,β-unsaturated/α-hetero) is 1. The summed E-state index contributed by atoms with van der Waals surface area (Å²) >= 11 is 0. The summed E-state index contributed by atoms with van der Waals surface area (Å²) in [7, 11) is 0. The highest BCUT2D eigenvalue weighted by molar-refractivity contribution is 6.01. The lowest BCUT2D eigenvalue weighted by molar-refractivity contribution is 0.0979. The maximum atomic E-state index is 13.3. The number of ether oxygens (including phenoxy) is 1. The lowest BCUT2D eigenvalue weighted by Gasteiger charge is -2.31. The largest absolute Gasteiger partial charge is 0.456 e. The Morgan fingerprint density at radius 3 is 2.53 bits per heavy atom. The highest BCUT2D eigenvalue weighted by atomic mass is 16.5. The predicted octanol–water partition coefficient (Wildman–Crippen LogP) is 3.66. The molecule has 4 heteroatoms. The molecule has 1 saturated heterocycles. The SMILES string of the molecule is O=C1CCC(C2=CC=C(N3CCNCC3)c3ccccc3O2)=c2ccc3c(c21)CC=c1ccccc1=3. The minimum Gasteiger partial charge on any atom is -0.456 e. The molecule has 0 saturated carbocycles. The predicted molar refractivity (Wildman–Crippen MR) is 143 cm³/mol. The van der Waals surface area contributed by atoms with E-state index in [1.807, 2.05) is 6.07 Å². The molecule has 0 spiro atoms. The van der Waals surface area contributed by atoms with Crippen LogP contribution in [0, 0.1) is 10.4 Å². The standard InChI is InChI=1S/C32H28N2O2/c35-29-15-13-24(26-12-11-23-22-6-2-1-5-21(22)9-10-25(23)32(26)29)31-16-14-28(34-19-17-33-18-20-34)27-7-3-4-8-30(27)36-31/h1-9,11-12,14,16,33H,10,13,15,17-20H2. The first-order valence-corrected chi connectivity index (χ1v) is 12.9. The van der Waals surface area contributed by atoms with Crippen molar-refractivity contribution in [1.29, 1.82) is 0 Å². The van der Waals surface area contributed by atoms with Gasteiger partial charge in [0, 0.05) is 55.0 Å². The molecule has 3 aromatic carbocycles.